The van der Waals surface area contributed by atoms with Crippen LogP contribution in [0, 0.1) is 5.82 Å². The summed E-state index contributed by atoms with van der Waals surface area (Å²) in [6.07, 6.45) is 2.59. The molecule has 0 aliphatic carbocycles. The van der Waals surface area contributed by atoms with Gasteiger partial charge in [-0.25, -0.2) is 9.37 Å². The standard InChI is InChI=1S/C10H6ClFN2OS/c11-3-9(15)8-5-16-10(14-8)6-1-2-13-4-7(6)12/h1-2,4-5H,3H2. The lowest BCUT2D eigenvalue weighted by molar-refractivity contribution is 0.101. The van der Waals surface area contributed by atoms with Gasteiger partial charge in [-0.05, 0) is 6.07 Å². The Balaban J connectivity index is 2.39. The summed E-state index contributed by atoms with van der Waals surface area (Å²) in [5.74, 6) is -0.845. The number of hydrogen-bond acceptors (Lipinski definition) is 4. The lowest BCUT2D eigenvalue weighted by Crippen LogP contribution is -2.00. The number of carbonyl (C=O) groups excluding carboxylic acids is 1. The van der Waals surface area contributed by atoms with Gasteiger partial charge in [-0.15, -0.1) is 22.9 Å². The number of hydrogen-bond donors (Lipinski definition) is 0. The number of ketones is 1. The van der Waals surface area contributed by atoms with Crippen molar-refractivity contribution in [3.05, 3.63) is 35.4 Å². The molecule has 16 heavy (non-hydrogen) atoms. The number of carbonyl (C=O) groups is 1. The highest BCUT2D eigenvalue weighted by atomic mass is 35.5. The molecule has 0 aliphatic rings. The highest BCUT2D eigenvalue weighted by Crippen LogP contribution is 2.25. The fourth-order valence-corrected chi connectivity index (χ4v) is 2.13. The van der Waals surface area contributed by atoms with Gasteiger partial charge in [0.1, 0.15) is 10.7 Å². The van der Waals surface area contributed by atoms with Crippen molar-refractivity contribution in [2.24, 2.45) is 0 Å². The van der Waals surface area contributed by atoms with E-state index in [0.717, 1.165) is 6.20 Å². The number of alkyl halides is 1. The van der Waals surface area contributed by atoms with Crippen molar-refractivity contribution in [1.29, 1.82) is 0 Å². The van der Waals surface area contributed by atoms with Crippen molar-refractivity contribution in [3.63, 3.8) is 0 Å². The minimum Gasteiger partial charge on any atom is -0.291 e. The van der Waals surface area contributed by atoms with E-state index in [2.05, 4.69) is 9.97 Å². The van der Waals surface area contributed by atoms with Gasteiger partial charge in [0.15, 0.2) is 11.6 Å². The van der Waals surface area contributed by atoms with E-state index in [1.165, 1.54) is 23.6 Å². The van der Waals surface area contributed by atoms with Gasteiger partial charge in [0.25, 0.3) is 0 Å². The molecule has 0 aromatic carbocycles. The minimum atomic E-state index is -0.457. The Morgan fingerprint density at radius 1 is 1.56 bits per heavy atom. The minimum absolute atomic E-state index is 0.123. The second-order valence-electron chi connectivity index (χ2n) is 2.95. The SMILES string of the molecule is O=C(CCl)c1csc(-c2ccncc2F)n1. The summed E-state index contributed by atoms with van der Waals surface area (Å²) in [5.41, 5.74) is 0.611. The first-order valence-corrected chi connectivity index (χ1v) is 5.78. The molecule has 0 spiro atoms. The zero-order valence-electron chi connectivity index (χ0n) is 7.98. The van der Waals surface area contributed by atoms with Crippen LogP contribution in [-0.4, -0.2) is 21.6 Å². The molecule has 2 aromatic heterocycles. The molecule has 0 atom stereocenters. The maximum atomic E-state index is 13.4. The van der Waals surface area contributed by atoms with Crippen molar-refractivity contribution >= 4 is 28.7 Å². The molecule has 0 amide bonds. The van der Waals surface area contributed by atoms with E-state index in [1.54, 1.807) is 5.38 Å². The van der Waals surface area contributed by atoms with E-state index in [0.29, 0.717) is 10.6 Å². The van der Waals surface area contributed by atoms with Crippen LogP contribution in [0.3, 0.4) is 0 Å². The van der Waals surface area contributed by atoms with E-state index in [4.69, 9.17) is 11.6 Å². The second-order valence-corrected chi connectivity index (χ2v) is 4.08. The molecule has 0 saturated carbocycles. The Hall–Kier alpha value is -1.33. The van der Waals surface area contributed by atoms with E-state index < -0.39 is 5.82 Å². The topological polar surface area (TPSA) is 42.9 Å². The largest absolute Gasteiger partial charge is 0.291 e. The number of Topliss-reactive ketones (excluding diaryl/α,β-unsaturated/α-hetero) is 1. The fraction of sp³-hybridized carbons (Fsp3) is 0.100. The Kier molecular flexibility index (Phi) is 3.26. The lowest BCUT2D eigenvalue weighted by Gasteiger charge is -1.96. The van der Waals surface area contributed by atoms with Crippen molar-refractivity contribution < 1.29 is 9.18 Å². The second kappa shape index (κ2) is 4.67. The molecule has 3 nitrogen and oxygen atoms in total. The smallest absolute Gasteiger partial charge is 0.196 e. The number of halogens is 2. The summed E-state index contributed by atoms with van der Waals surface area (Å²) >= 11 is 6.61. The maximum Gasteiger partial charge on any atom is 0.196 e. The van der Waals surface area contributed by atoms with Crippen molar-refractivity contribution in [2.75, 3.05) is 5.88 Å². The van der Waals surface area contributed by atoms with Gasteiger partial charge in [0, 0.05) is 17.1 Å². The van der Waals surface area contributed by atoms with Crippen LogP contribution in [0.25, 0.3) is 10.6 Å². The summed E-state index contributed by atoms with van der Waals surface area (Å²) < 4.78 is 13.4. The lowest BCUT2D eigenvalue weighted by atomic mass is 10.2. The number of pyridine rings is 1. The molecule has 0 saturated heterocycles. The summed E-state index contributed by atoms with van der Waals surface area (Å²) in [4.78, 5) is 18.9. The van der Waals surface area contributed by atoms with Crippen LogP contribution in [0.4, 0.5) is 4.39 Å². The van der Waals surface area contributed by atoms with E-state index in [1.807, 2.05) is 0 Å². The molecule has 2 aromatic rings. The summed E-state index contributed by atoms with van der Waals surface area (Å²) in [7, 11) is 0. The normalized spacial score (nSPS) is 10.4. The monoisotopic (exact) mass is 256 g/mol. The van der Waals surface area contributed by atoms with Gasteiger partial charge in [-0.3, -0.25) is 9.78 Å². The van der Waals surface area contributed by atoms with Crippen LogP contribution in [0.15, 0.2) is 23.8 Å². The molecule has 6 heteroatoms. The van der Waals surface area contributed by atoms with E-state index in [9.17, 15) is 9.18 Å². The molecule has 0 bridgehead atoms. The van der Waals surface area contributed by atoms with Gasteiger partial charge >= 0.3 is 0 Å². The quantitative estimate of drug-likeness (QED) is 0.626. The van der Waals surface area contributed by atoms with Gasteiger partial charge in [0.05, 0.1) is 12.1 Å². The molecule has 0 fully saturated rings. The highest BCUT2D eigenvalue weighted by molar-refractivity contribution is 7.13. The van der Waals surface area contributed by atoms with Gasteiger partial charge in [-0.1, -0.05) is 0 Å². The molecule has 82 valence electrons. The number of thiazole rings is 1. The van der Waals surface area contributed by atoms with E-state index in [-0.39, 0.29) is 17.4 Å². The number of rotatable bonds is 3. The summed E-state index contributed by atoms with van der Waals surface area (Å²) in [5, 5.41) is 2.02. The molecular weight excluding hydrogens is 251 g/mol. The molecule has 0 aliphatic heterocycles. The van der Waals surface area contributed by atoms with Crippen molar-refractivity contribution in [3.8, 4) is 10.6 Å². The third-order valence-electron chi connectivity index (χ3n) is 1.91. The predicted octanol–water partition coefficient (Wildman–Crippen LogP) is 2.77. The predicted molar refractivity (Wildman–Crippen MR) is 60.4 cm³/mol. The van der Waals surface area contributed by atoms with Crippen LogP contribution in [-0.2, 0) is 0 Å². The molecule has 0 unspecified atom stereocenters. The number of nitrogens with zero attached hydrogens (tertiary/aromatic N) is 2. The van der Waals surface area contributed by atoms with Gasteiger partial charge in [-0.2, -0.15) is 0 Å². The first kappa shape index (κ1) is 11.2. The zero-order valence-corrected chi connectivity index (χ0v) is 9.56. The summed E-state index contributed by atoms with van der Waals surface area (Å²) in [6.45, 7) is 0. The Bertz CT molecular complexity index is 529. The molecule has 0 radical (unpaired) electrons. The van der Waals surface area contributed by atoms with Crippen LogP contribution < -0.4 is 0 Å². The van der Waals surface area contributed by atoms with Crippen LogP contribution in [0.1, 0.15) is 10.5 Å². The van der Waals surface area contributed by atoms with Crippen LogP contribution >= 0.6 is 22.9 Å². The van der Waals surface area contributed by atoms with Crippen molar-refractivity contribution in [1.82, 2.24) is 9.97 Å². The molecular formula is C10H6ClFN2OS. The van der Waals surface area contributed by atoms with Gasteiger partial charge in [0.2, 0.25) is 0 Å². The first-order chi connectivity index (χ1) is 7.72. The third kappa shape index (κ3) is 2.10. The van der Waals surface area contributed by atoms with Crippen molar-refractivity contribution in [2.45, 2.75) is 0 Å². The van der Waals surface area contributed by atoms with E-state index >= 15 is 0 Å². The molecule has 2 rings (SSSR count). The average molecular weight is 257 g/mol. The highest BCUT2D eigenvalue weighted by Gasteiger charge is 2.13. The Morgan fingerprint density at radius 2 is 2.38 bits per heavy atom. The Labute approximate surface area is 99.9 Å². The zero-order chi connectivity index (χ0) is 11.5. The number of aromatic nitrogens is 2. The van der Waals surface area contributed by atoms with Gasteiger partial charge < -0.3 is 0 Å². The molecule has 0 N–H and O–H groups in total. The first-order valence-electron chi connectivity index (χ1n) is 4.37. The fourth-order valence-electron chi connectivity index (χ4n) is 1.14. The summed E-state index contributed by atoms with van der Waals surface area (Å²) in [6, 6.07) is 1.52. The molecule has 2 heterocycles. The van der Waals surface area contributed by atoms with Crippen LogP contribution in [0.5, 0.6) is 0 Å². The average Bonchev–Trinajstić information content (AvgIpc) is 2.78. The van der Waals surface area contributed by atoms with Crippen LogP contribution in [0.2, 0.25) is 0 Å². The maximum absolute atomic E-state index is 13.4. The Morgan fingerprint density at radius 3 is 3.06 bits per heavy atom. The third-order valence-corrected chi connectivity index (χ3v) is 3.03.